The molecule has 1 unspecified atom stereocenters. The first kappa shape index (κ1) is 13.4. The molecule has 0 fully saturated rings. The normalized spacial score (nSPS) is 12.9. The molecule has 2 nitrogen and oxygen atoms in total. The zero-order chi connectivity index (χ0) is 13.3. The molecular formula is C14H15Cl2NO. The molecule has 1 N–H and O–H groups in total. The number of fused-ring (bicyclic) bond motifs is 1. The van der Waals surface area contributed by atoms with Crippen molar-refractivity contribution in [3.8, 4) is 0 Å². The Labute approximate surface area is 116 Å². The minimum atomic E-state index is 0.0146. The number of aromatic amines is 1. The number of ketones is 1. The summed E-state index contributed by atoms with van der Waals surface area (Å²) in [5.41, 5.74) is 1.46. The van der Waals surface area contributed by atoms with Gasteiger partial charge in [-0.25, -0.2) is 0 Å². The number of Topliss-reactive ketones (excluding diaryl/α,β-unsaturated/α-hetero) is 1. The first-order valence-corrected chi connectivity index (χ1v) is 6.80. The standard InChI is InChI=1S/C14H15Cl2NO/c1-3-4-8(2)14(18)10-7-17-12-6-9(15)5-11(16)13(10)12/h5-8,17H,3-4H2,1-2H3. The number of carbonyl (C=O) groups excluding carboxylic acids is 1. The van der Waals surface area contributed by atoms with Gasteiger partial charge in [-0.1, -0.05) is 43.5 Å². The van der Waals surface area contributed by atoms with Crippen molar-refractivity contribution in [2.45, 2.75) is 26.7 Å². The third-order valence-electron chi connectivity index (χ3n) is 3.13. The van der Waals surface area contributed by atoms with Gasteiger partial charge in [0.25, 0.3) is 0 Å². The summed E-state index contributed by atoms with van der Waals surface area (Å²) in [6, 6.07) is 3.45. The Balaban J connectivity index is 2.49. The molecule has 96 valence electrons. The van der Waals surface area contributed by atoms with Crippen LogP contribution in [0.5, 0.6) is 0 Å². The van der Waals surface area contributed by atoms with Crippen molar-refractivity contribution < 1.29 is 4.79 Å². The Kier molecular flexibility index (Phi) is 3.98. The molecule has 1 aromatic heterocycles. The molecular weight excluding hydrogens is 269 g/mol. The van der Waals surface area contributed by atoms with Gasteiger partial charge in [0.1, 0.15) is 0 Å². The number of halogens is 2. The van der Waals surface area contributed by atoms with E-state index in [1.807, 2.05) is 6.92 Å². The van der Waals surface area contributed by atoms with E-state index in [0.29, 0.717) is 15.6 Å². The largest absolute Gasteiger partial charge is 0.360 e. The molecule has 2 rings (SSSR count). The Bertz CT molecular complexity index is 589. The molecule has 0 aliphatic heterocycles. The van der Waals surface area contributed by atoms with Crippen LogP contribution >= 0.6 is 23.2 Å². The van der Waals surface area contributed by atoms with E-state index in [0.717, 1.165) is 23.7 Å². The summed E-state index contributed by atoms with van der Waals surface area (Å²) < 4.78 is 0. The first-order valence-electron chi connectivity index (χ1n) is 6.05. The van der Waals surface area contributed by atoms with Crippen LogP contribution in [0.1, 0.15) is 37.0 Å². The summed E-state index contributed by atoms with van der Waals surface area (Å²) in [6.45, 7) is 4.03. The van der Waals surface area contributed by atoms with Gasteiger partial charge in [-0.3, -0.25) is 4.79 Å². The van der Waals surface area contributed by atoms with Gasteiger partial charge >= 0.3 is 0 Å². The minimum Gasteiger partial charge on any atom is -0.360 e. The van der Waals surface area contributed by atoms with Gasteiger partial charge in [0.15, 0.2) is 5.78 Å². The molecule has 0 saturated heterocycles. The summed E-state index contributed by atoms with van der Waals surface area (Å²) in [5, 5.41) is 1.86. The molecule has 0 radical (unpaired) electrons. The quantitative estimate of drug-likeness (QED) is 0.779. The average Bonchev–Trinajstić information content (AvgIpc) is 2.72. The number of benzene rings is 1. The van der Waals surface area contributed by atoms with Crippen molar-refractivity contribution in [3.05, 3.63) is 33.9 Å². The van der Waals surface area contributed by atoms with Gasteiger partial charge in [0.05, 0.1) is 5.02 Å². The van der Waals surface area contributed by atoms with E-state index >= 15 is 0 Å². The van der Waals surface area contributed by atoms with Crippen LogP contribution in [0.2, 0.25) is 10.0 Å². The second kappa shape index (κ2) is 5.33. The third-order valence-corrected chi connectivity index (χ3v) is 3.65. The summed E-state index contributed by atoms with van der Waals surface area (Å²) >= 11 is 12.1. The number of nitrogens with one attached hydrogen (secondary N) is 1. The maximum Gasteiger partial charge on any atom is 0.167 e. The van der Waals surface area contributed by atoms with E-state index in [4.69, 9.17) is 23.2 Å². The van der Waals surface area contributed by atoms with Gasteiger partial charge in [0.2, 0.25) is 0 Å². The molecule has 0 bridgehead atoms. The Morgan fingerprint density at radius 1 is 1.39 bits per heavy atom. The van der Waals surface area contributed by atoms with E-state index in [1.165, 1.54) is 0 Å². The molecule has 1 aromatic carbocycles. The number of hydrogen-bond donors (Lipinski definition) is 1. The fraction of sp³-hybridized carbons (Fsp3) is 0.357. The monoisotopic (exact) mass is 283 g/mol. The first-order chi connectivity index (χ1) is 8.54. The SMILES string of the molecule is CCCC(C)C(=O)c1c[nH]c2cc(Cl)cc(Cl)c12. The van der Waals surface area contributed by atoms with Crippen molar-refractivity contribution in [3.63, 3.8) is 0 Å². The molecule has 18 heavy (non-hydrogen) atoms. The highest BCUT2D eigenvalue weighted by Gasteiger charge is 2.19. The molecule has 4 heteroatoms. The predicted octanol–water partition coefficient (Wildman–Crippen LogP) is 5.09. The summed E-state index contributed by atoms with van der Waals surface area (Å²) in [6.07, 6.45) is 3.60. The molecule has 0 saturated carbocycles. The van der Waals surface area contributed by atoms with Crippen molar-refractivity contribution in [2.24, 2.45) is 5.92 Å². The van der Waals surface area contributed by atoms with Crippen LogP contribution in [-0.4, -0.2) is 10.8 Å². The van der Waals surface area contributed by atoms with Gasteiger partial charge in [-0.05, 0) is 18.6 Å². The highest BCUT2D eigenvalue weighted by Crippen LogP contribution is 2.31. The van der Waals surface area contributed by atoms with Gasteiger partial charge < -0.3 is 4.98 Å². The Morgan fingerprint density at radius 3 is 2.78 bits per heavy atom. The van der Waals surface area contributed by atoms with Crippen LogP contribution in [0.4, 0.5) is 0 Å². The fourth-order valence-corrected chi connectivity index (χ4v) is 2.80. The lowest BCUT2D eigenvalue weighted by molar-refractivity contribution is 0.0925. The van der Waals surface area contributed by atoms with Crippen LogP contribution in [0, 0.1) is 5.92 Å². The third kappa shape index (κ3) is 2.40. The van der Waals surface area contributed by atoms with Crippen LogP contribution in [0.25, 0.3) is 10.9 Å². The van der Waals surface area contributed by atoms with Crippen molar-refractivity contribution >= 4 is 39.9 Å². The van der Waals surface area contributed by atoms with E-state index < -0.39 is 0 Å². The van der Waals surface area contributed by atoms with Crippen molar-refractivity contribution in [1.82, 2.24) is 4.98 Å². The van der Waals surface area contributed by atoms with Crippen molar-refractivity contribution in [1.29, 1.82) is 0 Å². The van der Waals surface area contributed by atoms with Gasteiger partial charge in [-0.15, -0.1) is 0 Å². The van der Waals surface area contributed by atoms with Crippen LogP contribution in [-0.2, 0) is 0 Å². The second-order valence-corrected chi connectivity index (χ2v) is 5.41. The van der Waals surface area contributed by atoms with Gasteiger partial charge in [-0.2, -0.15) is 0 Å². The van der Waals surface area contributed by atoms with E-state index in [2.05, 4.69) is 11.9 Å². The van der Waals surface area contributed by atoms with Crippen molar-refractivity contribution in [2.75, 3.05) is 0 Å². The van der Waals surface area contributed by atoms with Crippen LogP contribution < -0.4 is 0 Å². The van der Waals surface area contributed by atoms with Crippen LogP contribution in [0.3, 0.4) is 0 Å². The number of hydrogen-bond acceptors (Lipinski definition) is 1. The van der Waals surface area contributed by atoms with Gasteiger partial charge in [0, 0.05) is 33.6 Å². The molecule has 0 spiro atoms. The lowest BCUT2D eigenvalue weighted by Gasteiger charge is -2.08. The number of rotatable bonds is 4. The fourth-order valence-electron chi connectivity index (χ4n) is 2.21. The highest BCUT2D eigenvalue weighted by molar-refractivity contribution is 6.39. The van der Waals surface area contributed by atoms with E-state index in [-0.39, 0.29) is 11.7 Å². The smallest absolute Gasteiger partial charge is 0.167 e. The highest BCUT2D eigenvalue weighted by atomic mass is 35.5. The summed E-state index contributed by atoms with van der Waals surface area (Å²) in [7, 11) is 0. The Hall–Kier alpha value is -0.990. The molecule has 0 aliphatic carbocycles. The average molecular weight is 284 g/mol. The maximum absolute atomic E-state index is 12.3. The zero-order valence-corrected chi connectivity index (χ0v) is 11.9. The zero-order valence-electron chi connectivity index (χ0n) is 10.4. The minimum absolute atomic E-state index is 0.0146. The number of H-pyrrole nitrogens is 1. The Morgan fingerprint density at radius 2 is 2.11 bits per heavy atom. The molecule has 2 aromatic rings. The molecule has 0 amide bonds. The lowest BCUT2D eigenvalue weighted by Crippen LogP contribution is -2.10. The lowest BCUT2D eigenvalue weighted by atomic mass is 9.95. The maximum atomic E-state index is 12.3. The summed E-state index contributed by atoms with van der Waals surface area (Å²) in [5.74, 6) is 0.146. The van der Waals surface area contributed by atoms with Crippen LogP contribution in [0.15, 0.2) is 18.3 Å². The van der Waals surface area contributed by atoms with E-state index in [9.17, 15) is 4.79 Å². The number of carbonyl (C=O) groups is 1. The topological polar surface area (TPSA) is 32.9 Å². The molecule has 1 atom stereocenters. The number of aromatic nitrogens is 1. The second-order valence-electron chi connectivity index (χ2n) is 4.57. The molecule has 1 heterocycles. The predicted molar refractivity (Wildman–Crippen MR) is 76.7 cm³/mol. The van der Waals surface area contributed by atoms with E-state index in [1.54, 1.807) is 18.3 Å². The summed E-state index contributed by atoms with van der Waals surface area (Å²) in [4.78, 5) is 15.4. The molecule has 0 aliphatic rings.